The topological polar surface area (TPSA) is 9.23 Å². The maximum absolute atomic E-state index is 6.11. The number of rotatable bonds is 3. The van der Waals surface area contributed by atoms with Crippen LogP contribution in [0.25, 0.3) is 0 Å². The Morgan fingerprint density at radius 2 is 2.00 bits per heavy atom. The quantitative estimate of drug-likeness (QED) is 0.795. The molecule has 0 fully saturated rings. The first kappa shape index (κ1) is 12.7. The molecule has 1 aromatic rings. The first-order valence-electron chi connectivity index (χ1n) is 4.88. The van der Waals surface area contributed by atoms with Gasteiger partial charge in [0.25, 0.3) is 0 Å². The van der Waals surface area contributed by atoms with Crippen LogP contribution in [0.1, 0.15) is 25.0 Å². The molecule has 0 radical (unpaired) electrons. The maximum atomic E-state index is 6.11. The van der Waals surface area contributed by atoms with Crippen LogP contribution in [0.15, 0.2) is 12.1 Å². The van der Waals surface area contributed by atoms with Gasteiger partial charge in [0.15, 0.2) is 0 Å². The van der Waals surface area contributed by atoms with E-state index in [4.69, 9.17) is 16.3 Å². The fourth-order valence-corrected chi connectivity index (χ4v) is 2.04. The Balaban J connectivity index is 3.28. The maximum Gasteiger partial charge on any atom is 0.137 e. The van der Waals surface area contributed by atoms with Crippen molar-refractivity contribution in [3.63, 3.8) is 0 Å². The Morgan fingerprint density at radius 3 is 2.47 bits per heavy atom. The normalized spacial score (nSPS) is 11.6. The van der Waals surface area contributed by atoms with Gasteiger partial charge in [-0.15, -0.1) is 0 Å². The third-order valence-electron chi connectivity index (χ3n) is 2.62. The molecule has 0 unspecified atom stereocenters. The van der Waals surface area contributed by atoms with E-state index in [1.54, 1.807) is 7.11 Å². The van der Waals surface area contributed by atoms with Gasteiger partial charge in [0.2, 0.25) is 0 Å². The van der Waals surface area contributed by atoms with Crippen LogP contribution >= 0.6 is 24.2 Å². The van der Waals surface area contributed by atoms with E-state index in [-0.39, 0.29) is 5.41 Å². The lowest BCUT2D eigenvalue weighted by atomic mass is 9.84. The third-order valence-corrected chi connectivity index (χ3v) is 3.71. The number of aryl methyl sites for hydroxylation is 1. The zero-order valence-corrected chi connectivity index (χ0v) is 11.2. The molecule has 0 atom stereocenters. The Bertz CT molecular complexity index is 361. The van der Waals surface area contributed by atoms with Crippen molar-refractivity contribution < 1.29 is 4.74 Å². The highest BCUT2D eigenvalue weighted by Gasteiger charge is 2.22. The molecule has 0 bridgehead atoms. The van der Waals surface area contributed by atoms with Crippen molar-refractivity contribution in [3.05, 3.63) is 28.3 Å². The number of benzene rings is 1. The van der Waals surface area contributed by atoms with E-state index < -0.39 is 0 Å². The summed E-state index contributed by atoms with van der Waals surface area (Å²) in [6.07, 6.45) is 0. The summed E-state index contributed by atoms with van der Waals surface area (Å²) in [5, 5.41) is 0.660. The van der Waals surface area contributed by atoms with E-state index in [1.165, 1.54) is 11.1 Å². The first-order chi connectivity index (χ1) is 6.92. The van der Waals surface area contributed by atoms with Crippen LogP contribution in [-0.4, -0.2) is 12.9 Å². The van der Waals surface area contributed by atoms with Crippen LogP contribution < -0.4 is 4.74 Å². The second-order valence-electron chi connectivity index (χ2n) is 4.34. The summed E-state index contributed by atoms with van der Waals surface area (Å²) >= 11 is 10.5. The van der Waals surface area contributed by atoms with Crippen molar-refractivity contribution in [3.8, 4) is 5.75 Å². The highest BCUT2D eigenvalue weighted by Crippen LogP contribution is 2.34. The van der Waals surface area contributed by atoms with Gasteiger partial charge in [-0.3, -0.25) is 0 Å². The number of ether oxygens (including phenoxy) is 1. The lowest BCUT2D eigenvalue weighted by molar-refractivity contribution is 0.414. The summed E-state index contributed by atoms with van der Waals surface area (Å²) in [5.41, 5.74) is 2.45. The molecule has 84 valence electrons. The summed E-state index contributed by atoms with van der Waals surface area (Å²) in [7, 11) is 1.63. The first-order valence-corrected chi connectivity index (χ1v) is 5.89. The van der Waals surface area contributed by atoms with Gasteiger partial charge in [0.05, 0.1) is 12.1 Å². The fraction of sp³-hybridized carbons (Fsp3) is 0.500. The number of methoxy groups -OCH3 is 1. The van der Waals surface area contributed by atoms with Crippen LogP contribution in [0.3, 0.4) is 0 Å². The van der Waals surface area contributed by atoms with Gasteiger partial charge in [-0.2, -0.15) is 12.6 Å². The summed E-state index contributed by atoms with van der Waals surface area (Å²) in [6, 6.07) is 3.95. The highest BCUT2D eigenvalue weighted by atomic mass is 35.5. The van der Waals surface area contributed by atoms with Crippen LogP contribution in [0.4, 0.5) is 0 Å². The molecule has 0 aromatic heterocycles. The molecule has 0 spiro atoms. The smallest absolute Gasteiger partial charge is 0.137 e. The van der Waals surface area contributed by atoms with Gasteiger partial charge in [-0.1, -0.05) is 25.4 Å². The van der Waals surface area contributed by atoms with Crippen LogP contribution in [-0.2, 0) is 5.41 Å². The largest absolute Gasteiger partial charge is 0.495 e. The molecule has 0 heterocycles. The molecule has 1 nitrogen and oxygen atoms in total. The van der Waals surface area contributed by atoms with Crippen molar-refractivity contribution in [2.75, 3.05) is 12.9 Å². The van der Waals surface area contributed by atoms with Crippen molar-refractivity contribution in [1.82, 2.24) is 0 Å². The predicted molar refractivity (Wildman–Crippen MR) is 69.6 cm³/mol. The van der Waals surface area contributed by atoms with E-state index in [0.717, 1.165) is 11.5 Å². The minimum atomic E-state index is 0.0309. The lowest BCUT2D eigenvalue weighted by Gasteiger charge is -2.25. The molecule has 15 heavy (non-hydrogen) atoms. The zero-order chi connectivity index (χ0) is 11.6. The SMILES string of the molecule is COc1cc(C)c(C(C)(C)CS)cc1Cl. The van der Waals surface area contributed by atoms with Gasteiger partial charge in [-0.25, -0.2) is 0 Å². The second kappa shape index (κ2) is 4.67. The van der Waals surface area contributed by atoms with Gasteiger partial charge in [0, 0.05) is 0 Å². The number of halogens is 1. The molecule has 1 rings (SSSR count). The second-order valence-corrected chi connectivity index (χ2v) is 5.07. The zero-order valence-electron chi connectivity index (χ0n) is 9.60. The Labute approximate surface area is 102 Å². The van der Waals surface area contributed by atoms with Crippen molar-refractivity contribution in [2.24, 2.45) is 0 Å². The highest BCUT2D eigenvalue weighted by molar-refractivity contribution is 7.80. The minimum Gasteiger partial charge on any atom is -0.495 e. The summed E-state index contributed by atoms with van der Waals surface area (Å²) < 4.78 is 5.18. The van der Waals surface area contributed by atoms with Crippen molar-refractivity contribution in [2.45, 2.75) is 26.2 Å². The monoisotopic (exact) mass is 244 g/mol. The Hall–Kier alpha value is -0.340. The molecule has 0 aliphatic heterocycles. The van der Waals surface area contributed by atoms with E-state index in [1.807, 2.05) is 12.1 Å². The molecule has 0 saturated carbocycles. The molecule has 0 aliphatic carbocycles. The van der Waals surface area contributed by atoms with E-state index in [2.05, 4.69) is 33.4 Å². The summed E-state index contributed by atoms with van der Waals surface area (Å²) in [4.78, 5) is 0. The standard InChI is InChI=1S/C12H17ClOS/c1-8-5-11(14-4)10(13)6-9(8)12(2,3)7-15/h5-6,15H,7H2,1-4H3. The molecule has 0 saturated heterocycles. The number of hydrogen-bond donors (Lipinski definition) is 1. The number of thiol groups is 1. The Morgan fingerprint density at radius 1 is 1.40 bits per heavy atom. The molecule has 1 aromatic carbocycles. The van der Waals surface area contributed by atoms with Crippen molar-refractivity contribution >= 4 is 24.2 Å². The number of hydrogen-bond acceptors (Lipinski definition) is 2. The fourth-order valence-electron chi connectivity index (χ4n) is 1.63. The lowest BCUT2D eigenvalue weighted by Crippen LogP contribution is -2.20. The molecule has 0 amide bonds. The van der Waals surface area contributed by atoms with E-state index >= 15 is 0 Å². The average molecular weight is 245 g/mol. The third kappa shape index (κ3) is 2.61. The molecule has 3 heteroatoms. The summed E-state index contributed by atoms with van der Waals surface area (Å²) in [6.45, 7) is 6.38. The average Bonchev–Trinajstić information content (AvgIpc) is 2.20. The van der Waals surface area contributed by atoms with Crippen LogP contribution in [0, 0.1) is 6.92 Å². The summed E-state index contributed by atoms with van der Waals surface area (Å²) in [5.74, 6) is 1.52. The Kier molecular flexibility index (Phi) is 3.96. The molecular formula is C12H17ClOS. The van der Waals surface area contributed by atoms with Gasteiger partial charge >= 0.3 is 0 Å². The van der Waals surface area contributed by atoms with Crippen LogP contribution in [0.5, 0.6) is 5.75 Å². The van der Waals surface area contributed by atoms with Gasteiger partial charge < -0.3 is 4.74 Å². The van der Waals surface area contributed by atoms with Crippen LogP contribution in [0.2, 0.25) is 5.02 Å². The predicted octanol–water partition coefficient (Wildman–Crippen LogP) is 3.86. The molecule has 0 aliphatic rings. The molecule has 0 N–H and O–H groups in total. The van der Waals surface area contributed by atoms with Crippen molar-refractivity contribution in [1.29, 1.82) is 0 Å². The van der Waals surface area contributed by atoms with E-state index in [9.17, 15) is 0 Å². The van der Waals surface area contributed by atoms with E-state index in [0.29, 0.717) is 5.02 Å². The molecular weight excluding hydrogens is 228 g/mol. The minimum absolute atomic E-state index is 0.0309. The van der Waals surface area contributed by atoms with Gasteiger partial charge in [-0.05, 0) is 41.4 Å². The van der Waals surface area contributed by atoms with Gasteiger partial charge in [0.1, 0.15) is 5.75 Å².